The van der Waals surface area contributed by atoms with Crippen molar-refractivity contribution in [3.63, 3.8) is 0 Å². The van der Waals surface area contributed by atoms with Crippen LogP contribution in [-0.2, 0) is 5.60 Å². The Hall–Kier alpha value is -0.990. The molecule has 2 nitrogen and oxygen atoms in total. The first-order chi connectivity index (χ1) is 7.82. The van der Waals surface area contributed by atoms with E-state index in [4.69, 9.17) is 11.6 Å². The third-order valence-corrected chi connectivity index (χ3v) is 3.32. The van der Waals surface area contributed by atoms with Gasteiger partial charge in [-0.3, -0.25) is 0 Å². The van der Waals surface area contributed by atoms with Gasteiger partial charge < -0.3 is 9.67 Å². The van der Waals surface area contributed by atoms with Crippen molar-refractivity contribution < 1.29 is 5.11 Å². The van der Waals surface area contributed by atoms with Crippen LogP contribution in [0.15, 0.2) is 24.4 Å². The Labute approximate surface area is 107 Å². The molecule has 0 aliphatic heterocycles. The third-order valence-electron chi connectivity index (χ3n) is 3.02. The predicted octanol–water partition coefficient (Wildman–Crippen LogP) is 4.10. The van der Waals surface area contributed by atoms with E-state index in [1.165, 1.54) is 0 Å². The van der Waals surface area contributed by atoms with Gasteiger partial charge in [-0.1, -0.05) is 23.7 Å². The zero-order valence-corrected chi connectivity index (χ0v) is 11.4. The molecule has 2 aromatic rings. The fourth-order valence-corrected chi connectivity index (χ4v) is 2.44. The third kappa shape index (κ3) is 2.07. The van der Waals surface area contributed by atoms with Crippen LogP contribution in [0.4, 0.5) is 0 Å². The molecule has 3 heteroatoms. The number of hydrogen-bond acceptors (Lipinski definition) is 1. The first-order valence-electron chi connectivity index (χ1n) is 5.84. The van der Waals surface area contributed by atoms with Gasteiger partial charge in [0.1, 0.15) is 0 Å². The first kappa shape index (κ1) is 12.5. The summed E-state index contributed by atoms with van der Waals surface area (Å²) < 4.78 is 2.12. The van der Waals surface area contributed by atoms with Crippen LogP contribution in [0.2, 0.25) is 5.02 Å². The van der Waals surface area contributed by atoms with Crippen LogP contribution in [0.25, 0.3) is 10.9 Å². The Morgan fingerprint density at radius 3 is 2.47 bits per heavy atom. The number of nitrogens with zero attached hydrogens (tertiary/aromatic N) is 1. The molecular formula is C14H18ClNO. The first-order valence-corrected chi connectivity index (χ1v) is 6.22. The van der Waals surface area contributed by atoms with E-state index in [2.05, 4.69) is 18.4 Å². The molecule has 0 amide bonds. The van der Waals surface area contributed by atoms with E-state index in [9.17, 15) is 5.11 Å². The van der Waals surface area contributed by atoms with Gasteiger partial charge in [0, 0.05) is 23.2 Å². The summed E-state index contributed by atoms with van der Waals surface area (Å²) in [6, 6.07) is 6.13. The van der Waals surface area contributed by atoms with Crippen molar-refractivity contribution in [2.75, 3.05) is 0 Å². The van der Waals surface area contributed by atoms with Crippen molar-refractivity contribution in [2.45, 2.75) is 39.3 Å². The summed E-state index contributed by atoms with van der Waals surface area (Å²) in [7, 11) is 0. The molecule has 0 radical (unpaired) electrons. The summed E-state index contributed by atoms with van der Waals surface area (Å²) in [5.41, 5.74) is 1.06. The fourth-order valence-electron chi connectivity index (χ4n) is 2.16. The van der Waals surface area contributed by atoms with Gasteiger partial charge in [-0.25, -0.2) is 0 Å². The Morgan fingerprint density at radius 2 is 1.94 bits per heavy atom. The number of para-hydroxylation sites is 1. The summed E-state index contributed by atoms with van der Waals surface area (Å²) in [6.45, 7) is 7.81. The van der Waals surface area contributed by atoms with Gasteiger partial charge in [-0.05, 0) is 33.8 Å². The van der Waals surface area contributed by atoms with Crippen molar-refractivity contribution in [3.8, 4) is 0 Å². The molecule has 0 saturated carbocycles. The molecule has 0 unspecified atom stereocenters. The Morgan fingerprint density at radius 1 is 1.29 bits per heavy atom. The van der Waals surface area contributed by atoms with E-state index < -0.39 is 5.60 Å². The van der Waals surface area contributed by atoms with E-state index in [-0.39, 0.29) is 0 Å². The summed E-state index contributed by atoms with van der Waals surface area (Å²) >= 11 is 6.27. The molecule has 0 aliphatic carbocycles. The molecule has 0 atom stereocenters. The number of benzene rings is 1. The van der Waals surface area contributed by atoms with Crippen LogP contribution >= 0.6 is 11.6 Å². The lowest BCUT2D eigenvalue weighted by molar-refractivity contribution is 0.0799. The molecule has 1 aromatic heterocycles. The number of aromatic nitrogens is 1. The topological polar surface area (TPSA) is 25.2 Å². The normalized spacial score (nSPS) is 12.6. The van der Waals surface area contributed by atoms with Gasteiger partial charge in [0.15, 0.2) is 0 Å². The largest absolute Gasteiger partial charge is 0.386 e. The second-order valence-electron chi connectivity index (χ2n) is 5.24. The maximum Gasteiger partial charge on any atom is 0.0861 e. The number of halogens is 1. The summed E-state index contributed by atoms with van der Waals surface area (Å²) in [4.78, 5) is 0. The lowest BCUT2D eigenvalue weighted by Crippen LogP contribution is -2.14. The molecule has 0 bridgehead atoms. The molecule has 92 valence electrons. The van der Waals surface area contributed by atoms with E-state index in [1.807, 2.05) is 24.4 Å². The van der Waals surface area contributed by atoms with Crippen molar-refractivity contribution >= 4 is 22.5 Å². The number of aliphatic hydroxyl groups is 1. The summed E-state index contributed by atoms with van der Waals surface area (Å²) in [5.74, 6) is 0. The highest BCUT2D eigenvalue weighted by molar-refractivity contribution is 6.35. The Balaban J connectivity index is 2.85. The van der Waals surface area contributed by atoms with Crippen LogP contribution in [-0.4, -0.2) is 9.67 Å². The zero-order valence-electron chi connectivity index (χ0n) is 10.7. The SMILES string of the molecule is CC(C)n1cc(C(C)(C)O)c2cccc(Cl)c21. The van der Waals surface area contributed by atoms with Gasteiger partial charge >= 0.3 is 0 Å². The summed E-state index contributed by atoms with van der Waals surface area (Å²) in [6.07, 6.45) is 2.00. The fraction of sp³-hybridized carbons (Fsp3) is 0.429. The van der Waals surface area contributed by atoms with E-state index in [0.29, 0.717) is 6.04 Å². The van der Waals surface area contributed by atoms with Gasteiger partial charge in [-0.15, -0.1) is 0 Å². The maximum absolute atomic E-state index is 10.2. The monoisotopic (exact) mass is 251 g/mol. The minimum atomic E-state index is -0.858. The molecule has 0 aliphatic rings. The summed E-state index contributed by atoms with van der Waals surface area (Å²) in [5, 5.41) is 12.0. The van der Waals surface area contributed by atoms with E-state index in [0.717, 1.165) is 21.5 Å². The number of hydrogen-bond donors (Lipinski definition) is 1. The lowest BCUT2D eigenvalue weighted by Gasteiger charge is -2.16. The van der Waals surface area contributed by atoms with Crippen molar-refractivity contribution in [2.24, 2.45) is 0 Å². The quantitative estimate of drug-likeness (QED) is 0.854. The van der Waals surface area contributed by atoms with Crippen molar-refractivity contribution in [1.29, 1.82) is 0 Å². The van der Waals surface area contributed by atoms with Crippen LogP contribution in [0.3, 0.4) is 0 Å². The molecular weight excluding hydrogens is 234 g/mol. The minimum absolute atomic E-state index is 0.313. The smallest absolute Gasteiger partial charge is 0.0861 e. The average molecular weight is 252 g/mol. The highest BCUT2D eigenvalue weighted by Gasteiger charge is 2.23. The highest BCUT2D eigenvalue weighted by atomic mass is 35.5. The minimum Gasteiger partial charge on any atom is -0.386 e. The molecule has 1 heterocycles. The molecule has 0 saturated heterocycles. The average Bonchev–Trinajstić information content (AvgIpc) is 2.57. The Bertz CT molecular complexity index is 549. The van der Waals surface area contributed by atoms with Gasteiger partial charge in [0.25, 0.3) is 0 Å². The predicted molar refractivity (Wildman–Crippen MR) is 72.6 cm³/mol. The lowest BCUT2D eigenvalue weighted by atomic mass is 9.98. The van der Waals surface area contributed by atoms with Gasteiger partial charge in [0.05, 0.1) is 16.1 Å². The maximum atomic E-state index is 10.2. The molecule has 1 N–H and O–H groups in total. The molecule has 1 aromatic carbocycles. The standard InChI is InChI=1S/C14H18ClNO/c1-9(2)16-8-11(14(3,4)17)10-6-5-7-12(15)13(10)16/h5-9,17H,1-4H3. The Kier molecular flexibility index (Phi) is 2.96. The van der Waals surface area contributed by atoms with Crippen LogP contribution in [0, 0.1) is 0 Å². The number of rotatable bonds is 2. The van der Waals surface area contributed by atoms with Gasteiger partial charge in [0.2, 0.25) is 0 Å². The van der Waals surface area contributed by atoms with Crippen molar-refractivity contribution in [1.82, 2.24) is 4.57 Å². The highest BCUT2D eigenvalue weighted by Crippen LogP contribution is 2.35. The molecule has 0 spiro atoms. The van der Waals surface area contributed by atoms with Gasteiger partial charge in [-0.2, -0.15) is 0 Å². The second-order valence-corrected chi connectivity index (χ2v) is 5.65. The van der Waals surface area contributed by atoms with Crippen molar-refractivity contribution in [3.05, 3.63) is 35.0 Å². The zero-order chi connectivity index (χ0) is 12.8. The van der Waals surface area contributed by atoms with E-state index >= 15 is 0 Å². The number of fused-ring (bicyclic) bond motifs is 1. The van der Waals surface area contributed by atoms with Crippen LogP contribution in [0.5, 0.6) is 0 Å². The second kappa shape index (κ2) is 4.04. The van der Waals surface area contributed by atoms with Crippen LogP contribution in [0.1, 0.15) is 39.3 Å². The molecule has 0 fully saturated rings. The molecule has 2 rings (SSSR count). The van der Waals surface area contributed by atoms with E-state index in [1.54, 1.807) is 13.8 Å². The van der Waals surface area contributed by atoms with Crippen LogP contribution < -0.4 is 0 Å². The molecule has 17 heavy (non-hydrogen) atoms.